The largest absolute Gasteiger partial charge is 0.386 e. The molecule has 0 atom stereocenters. The van der Waals surface area contributed by atoms with Crippen LogP contribution in [0.4, 0.5) is 11.4 Å². The van der Waals surface area contributed by atoms with Crippen molar-refractivity contribution in [1.82, 2.24) is 4.98 Å². The monoisotopic (exact) mass is 302 g/mol. The number of nitriles is 1. The fourth-order valence-corrected chi connectivity index (χ4v) is 3.21. The maximum Gasteiger partial charge on any atom is 0.283 e. The van der Waals surface area contributed by atoms with Crippen LogP contribution in [0.25, 0.3) is 0 Å². The first-order valence-corrected chi connectivity index (χ1v) is 7.57. The first-order valence-electron chi connectivity index (χ1n) is 6.13. The number of sulfonamides is 1. The van der Waals surface area contributed by atoms with Crippen molar-refractivity contribution in [3.8, 4) is 6.07 Å². The highest BCUT2D eigenvalue weighted by molar-refractivity contribution is 7.92. The quantitative estimate of drug-likeness (QED) is 0.931. The van der Waals surface area contributed by atoms with Crippen LogP contribution in [0.1, 0.15) is 5.56 Å². The summed E-state index contributed by atoms with van der Waals surface area (Å²) in [6.07, 6.45) is 1.41. The molecule has 1 aromatic carbocycles. The molecule has 0 saturated carbocycles. The summed E-state index contributed by atoms with van der Waals surface area (Å²) in [6.45, 7) is 0. The zero-order valence-corrected chi connectivity index (χ0v) is 12.4. The van der Waals surface area contributed by atoms with Crippen molar-refractivity contribution in [1.29, 1.82) is 5.26 Å². The topological polar surface area (TPSA) is 86.1 Å². The third-order valence-corrected chi connectivity index (χ3v) is 4.74. The van der Waals surface area contributed by atoms with Crippen molar-refractivity contribution < 1.29 is 8.42 Å². The standard InChI is InChI=1S/C14H14N4O2S/c1-16-12-7-5-9-17-14(12)21(19,20)18(2)13-8-4-3-6-11(13)10-15/h3-9,16H,1-2H3. The highest BCUT2D eigenvalue weighted by Gasteiger charge is 2.27. The zero-order valence-electron chi connectivity index (χ0n) is 11.6. The minimum atomic E-state index is -3.86. The van der Waals surface area contributed by atoms with Gasteiger partial charge in [0.25, 0.3) is 10.0 Å². The normalized spacial score (nSPS) is 10.7. The molecule has 1 N–H and O–H groups in total. The van der Waals surface area contributed by atoms with Gasteiger partial charge < -0.3 is 5.32 Å². The molecule has 0 saturated heterocycles. The van der Waals surface area contributed by atoms with Gasteiger partial charge in [0.2, 0.25) is 0 Å². The molecule has 7 heteroatoms. The van der Waals surface area contributed by atoms with Gasteiger partial charge in [-0.1, -0.05) is 12.1 Å². The van der Waals surface area contributed by atoms with E-state index in [4.69, 9.17) is 5.26 Å². The number of nitrogens with one attached hydrogen (secondary N) is 1. The Morgan fingerprint density at radius 3 is 2.62 bits per heavy atom. The van der Waals surface area contributed by atoms with E-state index in [1.54, 1.807) is 43.4 Å². The van der Waals surface area contributed by atoms with E-state index in [0.717, 1.165) is 4.31 Å². The summed E-state index contributed by atoms with van der Waals surface area (Å²) < 4.78 is 26.5. The number of benzene rings is 1. The summed E-state index contributed by atoms with van der Waals surface area (Å²) in [5.74, 6) is 0. The van der Waals surface area contributed by atoms with Crippen LogP contribution in [0.3, 0.4) is 0 Å². The molecule has 0 fully saturated rings. The van der Waals surface area contributed by atoms with Crippen LogP contribution in [0.5, 0.6) is 0 Å². The zero-order chi connectivity index (χ0) is 15.5. The van der Waals surface area contributed by atoms with Gasteiger partial charge in [0.1, 0.15) is 6.07 Å². The van der Waals surface area contributed by atoms with E-state index < -0.39 is 10.0 Å². The number of rotatable bonds is 4. The number of anilines is 2. The smallest absolute Gasteiger partial charge is 0.283 e. The fraction of sp³-hybridized carbons (Fsp3) is 0.143. The average Bonchev–Trinajstić information content (AvgIpc) is 2.53. The Labute approximate surface area is 123 Å². The van der Waals surface area contributed by atoms with Crippen molar-refractivity contribution in [3.63, 3.8) is 0 Å². The van der Waals surface area contributed by atoms with Gasteiger partial charge in [-0.25, -0.2) is 4.98 Å². The maximum atomic E-state index is 12.7. The third-order valence-electron chi connectivity index (χ3n) is 3.01. The summed E-state index contributed by atoms with van der Waals surface area (Å²) in [7, 11) is -0.832. The maximum absolute atomic E-state index is 12.7. The second-order valence-corrected chi connectivity index (χ2v) is 6.09. The Morgan fingerprint density at radius 2 is 1.95 bits per heavy atom. The van der Waals surface area contributed by atoms with Crippen LogP contribution in [-0.4, -0.2) is 27.5 Å². The summed E-state index contributed by atoms with van der Waals surface area (Å²) in [5.41, 5.74) is 0.997. The predicted octanol–water partition coefficient (Wildman–Crippen LogP) is 1.82. The molecular formula is C14H14N4O2S. The van der Waals surface area contributed by atoms with E-state index in [9.17, 15) is 8.42 Å². The lowest BCUT2D eigenvalue weighted by atomic mass is 10.2. The summed E-state index contributed by atoms with van der Waals surface area (Å²) in [6, 6.07) is 11.8. The minimum absolute atomic E-state index is 0.0808. The molecule has 0 bridgehead atoms. The Hall–Kier alpha value is -2.59. The van der Waals surface area contributed by atoms with Crippen LogP contribution in [0.2, 0.25) is 0 Å². The molecule has 2 rings (SSSR count). The number of nitrogens with zero attached hydrogens (tertiary/aromatic N) is 3. The molecule has 6 nitrogen and oxygen atoms in total. The van der Waals surface area contributed by atoms with Crippen molar-refractivity contribution in [2.45, 2.75) is 5.03 Å². The molecule has 0 aliphatic heterocycles. The van der Waals surface area contributed by atoms with Crippen LogP contribution in [-0.2, 0) is 10.0 Å². The van der Waals surface area contributed by atoms with Crippen LogP contribution < -0.4 is 9.62 Å². The third kappa shape index (κ3) is 2.66. The highest BCUT2D eigenvalue weighted by Crippen LogP contribution is 2.27. The lowest BCUT2D eigenvalue weighted by Gasteiger charge is -2.21. The van der Waals surface area contributed by atoms with Crippen LogP contribution >= 0.6 is 0 Å². The van der Waals surface area contributed by atoms with Crippen molar-refractivity contribution in [3.05, 3.63) is 48.2 Å². The van der Waals surface area contributed by atoms with E-state index in [1.807, 2.05) is 6.07 Å². The van der Waals surface area contributed by atoms with Gasteiger partial charge in [-0.05, 0) is 24.3 Å². The molecule has 0 unspecified atom stereocenters. The first kappa shape index (κ1) is 14.8. The summed E-state index contributed by atoms with van der Waals surface area (Å²) in [4.78, 5) is 3.95. The van der Waals surface area contributed by atoms with E-state index in [2.05, 4.69) is 10.3 Å². The molecule has 0 aliphatic rings. The number of hydrogen-bond acceptors (Lipinski definition) is 5. The van der Waals surface area contributed by atoms with Gasteiger partial charge in [-0.15, -0.1) is 0 Å². The SMILES string of the molecule is CNc1cccnc1S(=O)(=O)N(C)c1ccccc1C#N. The number of hydrogen-bond donors (Lipinski definition) is 1. The summed E-state index contributed by atoms with van der Waals surface area (Å²) >= 11 is 0. The molecule has 0 amide bonds. The molecule has 21 heavy (non-hydrogen) atoms. The highest BCUT2D eigenvalue weighted by atomic mass is 32.2. The van der Waals surface area contributed by atoms with E-state index in [1.165, 1.54) is 13.2 Å². The van der Waals surface area contributed by atoms with E-state index in [-0.39, 0.29) is 10.6 Å². The fourth-order valence-electron chi connectivity index (χ4n) is 1.89. The van der Waals surface area contributed by atoms with E-state index in [0.29, 0.717) is 11.4 Å². The molecule has 0 radical (unpaired) electrons. The summed E-state index contributed by atoms with van der Waals surface area (Å²) in [5, 5.41) is 11.8. The van der Waals surface area contributed by atoms with Gasteiger partial charge in [-0.3, -0.25) is 4.31 Å². The van der Waals surface area contributed by atoms with Crippen molar-refractivity contribution in [2.24, 2.45) is 0 Å². The molecule has 0 spiro atoms. The number of aromatic nitrogens is 1. The molecule has 1 aromatic heterocycles. The van der Waals surface area contributed by atoms with Gasteiger partial charge in [0.05, 0.1) is 16.9 Å². The second-order valence-electron chi connectivity index (χ2n) is 4.21. The van der Waals surface area contributed by atoms with Crippen LogP contribution in [0.15, 0.2) is 47.6 Å². The number of pyridine rings is 1. The first-order chi connectivity index (χ1) is 10.0. The molecule has 2 aromatic rings. The van der Waals surface area contributed by atoms with Gasteiger partial charge in [-0.2, -0.15) is 13.7 Å². The van der Waals surface area contributed by atoms with Crippen molar-refractivity contribution in [2.75, 3.05) is 23.7 Å². The van der Waals surface area contributed by atoms with Gasteiger partial charge >= 0.3 is 0 Å². The molecule has 1 heterocycles. The number of para-hydroxylation sites is 1. The molecular weight excluding hydrogens is 288 g/mol. The lowest BCUT2D eigenvalue weighted by molar-refractivity contribution is 0.591. The van der Waals surface area contributed by atoms with E-state index >= 15 is 0 Å². The van der Waals surface area contributed by atoms with Crippen molar-refractivity contribution >= 4 is 21.4 Å². The minimum Gasteiger partial charge on any atom is -0.386 e. The van der Waals surface area contributed by atoms with Gasteiger partial charge in [0.15, 0.2) is 5.03 Å². The lowest BCUT2D eigenvalue weighted by Crippen LogP contribution is -2.28. The Bertz CT molecular complexity index is 797. The Kier molecular flexibility index (Phi) is 4.10. The molecule has 108 valence electrons. The molecule has 0 aliphatic carbocycles. The van der Waals surface area contributed by atoms with Gasteiger partial charge in [0, 0.05) is 20.3 Å². The van der Waals surface area contributed by atoms with Crippen LogP contribution in [0, 0.1) is 11.3 Å². The average molecular weight is 302 g/mol. The Morgan fingerprint density at radius 1 is 1.24 bits per heavy atom. The Balaban J connectivity index is 2.56. The second kappa shape index (κ2) is 5.81. The predicted molar refractivity (Wildman–Crippen MR) is 80.5 cm³/mol.